The molecule has 0 aliphatic heterocycles. The third-order valence-electron chi connectivity index (χ3n) is 3.78. The molecule has 2 rings (SSSR count). The van der Waals surface area contributed by atoms with Gasteiger partial charge in [0.1, 0.15) is 5.60 Å². The second-order valence-electron chi connectivity index (χ2n) is 6.44. The normalized spacial score (nSPS) is 28.7. The fraction of sp³-hybridized carbons (Fsp3) is 0.688. The summed E-state index contributed by atoms with van der Waals surface area (Å²) in [5, 5.41) is 0. The highest BCUT2D eigenvalue weighted by atomic mass is 16.6. The molecular formula is C16H24O2. The summed E-state index contributed by atoms with van der Waals surface area (Å²) in [7, 11) is 0. The van der Waals surface area contributed by atoms with Crippen LogP contribution in [0, 0.1) is 11.8 Å². The average Bonchev–Trinajstić information content (AvgIpc) is 2.54. The van der Waals surface area contributed by atoms with Crippen molar-refractivity contribution in [1.82, 2.24) is 0 Å². The van der Waals surface area contributed by atoms with E-state index in [4.69, 9.17) is 4.74 Å². The van der Waals surface area contributed by atoms with E-state index in [1.165, 1.54) is 24.8 Å². The lowest BCUT2D eigenvalue weighted by molar-refractivity contribution is -0.153. The molecule has 2 atom stereocenters. The number of allylic oxidation sites excluding steroid dienone is 3. The van der Waals surface area contributed by atoms with Crippen molar-refractivity contribution in [3.05, 3.63) is 23.3 Å². The fourth-order valence-corrected chi connectivity index (χ4v) is 2.89. The number of hydrogen-bond acceptors (Lipinski definition) is 2. The summed E-state index contributed by atoms with van der Waals surface area (Å²) >= 11 is 0. The van der Waals surface area contributed by atoms with Crippen LogP contribution in [0.4, 0.5) is 0 Å². The lowest BCUT2D eigenvalue weighted by Crippen LogP contribution is -2.25. The first-order valence-corrected chi connectivity index (χ1v) is 6.99. The third-order valence-corrected chi connectivity index (χ3v) is 3.78. The standard InChI is InChI=1S/C16H24O2/c1-5-11-8-13-10-12(14(13)9-11)6-7-15(17)18-16(2,3)4/h6,9,13-14H,5,7-8,10H2,1-4H3. The summed E-state index contributed by atoms with van der Waals surface area (Å²) in [4.78, 5) is 11.6. The third kappa shape index (κ3) is 3.04. The minimum Gasteiger partial charge on any atom is -0.460 e. The van der Waals surface area contributed by atoms with Crippen LogP contribution in [-0.4, -0.2) is 11.6 Å². The molecular weight excluding hydrogens is 224 g/mol. The largest absolute Gasteiger partial charge is 0.460 e. The van der Waals surface area contributed by atoms with E-state index in [1.54, 1.807) is 5.57 Å². The van der Waals surface area contributed by atoms with Gasteiger partial charge in [-0.25, -0.2) is 0 Å². The van der Waals surface area contributed by atoms with Crippen molar-refractivity contribution in [2.24, 2.45) is 11.8 Å². The molecule has 2 unspecified atom stereocenters. The second-order valence-corrected chi connectivity index (χ2v) is 6.44. The van der Waals surface area contributed by atoms with Gasteiger partial charge in [-0.3, -0.25) is 4.79 Å². The zero-order valence-corrected chi connectivity index (χ0v) is 12.0. The predicted octanol–water partition coefficient (Wildman–Crippen LogP) is 4.02. The van der Waals surface area contributed by atoms with Gasteiger partial charge in [-0.1, -0.05) is 30.2 Å². The van der Waals surface area contributed by atoms with Gasteiger partial charge >= 0.3 is 5.97 Å². The van der Waals surface area contributed by atoms with Crippen LogP contribution in [0.15, 0.2) is 23.3 Å². The van der Waals surface area contributed by atoms with Gasteiger partial charge in [-0.2, -0.15) is 0 Å². The number of hydrogen-bond donors (Lipinski definition) is 0. The predicted molar refractivity (Wildman–Crippen MR) is 73.1 cm³/mol. The SMILES string of the molecule is CCC1=CC2C(=CCC(=O)OC(C)(C)C)CC2C1. The van der Waals surface area contributed by atoms with E-state index < -0.39 is 0 Å². The summed E-state index contributed by atoms with van der Waals surface area (Å²) < 4.78 is 5.31. The molecule has 2 nitrogen and oxygen atoms in total. The zero-order chi connectivity index (χ0) is 13.3. The molecule has 0 aromatic rings. The van der Waals surface area contributed by atoms with E-state index in [1.807, 2.05) is 20.8 Å². The molecule has 2 aliphatic carbocycles. The average molecular weight is 248 g/mol. The number of esters is 1. The Kier molecular flexibility index (Phi) is 3.65. The summed E-state index contributed by atoms with van der Waals surface area (Å²) in [5.74, 6) is 1.34. The van der Waals surface area contributed by atoms with Gasteiger partial charge in [-0.15, -0.1) is 0 Å². The maximum atomic E-state index is 11.6. The monoisotopic (exact) mass is 248 g/mol. The summed E-state index contributed by atoms with van der Waals surface area (Å²) in [5.41, 5.74) is 2.65. The van der Waals surface area contributed by atoms with Crippen LogP contribution in [0.1, 0.15) is 53.4 Å². The van der Waals surface area contributed by atoms with Crippen molar-refractivity contribution in [1.29, 1.82) is 0 Å². The number of rotatable bonds is 3. The van der Waals surface area contributed by atoms with Crippen LogP contribution < -0.4 is 0 Å². The molecule has 0 saturated heterocycles. The van der Waals surface area contributed by atoms with E-state index in [0.717, 1.165) is 5.92 Å². The molecule has 18 heavy (non-hydrogen) atoms. The molecule has 0 radical (unpaired) electrons. The lowest BCUT2D eigenvalue weighted by Gasteiger charge is -2.34. The smallest absolute Gasteiger partial charge is 0.310 e. The first kappa shape index (κ1) is 13.4. The summed E-state index contributed by atoms with van der Waals surface area (Å²) in [6.07, 6.45) is 8.54. The van der Waals surface area contributed by atoms with Crippen LogP contribution in [0.2, 0.25) is 0 Å². The first-order chi connectivity index (χ1) is 8.39. The fourth-order valence-electron chi connectivity index (χ4n) is 2.89. The van der Waals surface area contributed by atoms with E-state index in [2.05, 4.69) is 19.1 Å². The van der Waals surface area contributed by atoms with E-state index in [9.17, 15) is 4.79 Å². The Morgan fingerprint density at radius 1 is 1.44 bits per heavy atom. The first-order valence-electron chi connectivity index (χ1n) is 6.99. The van der Waals surface area contributed by atoms with Crippen LogP contribution in [0.5, 0.6) is 0 Å². The van der Waals surface area contributed by atoms with Gasteiger partial charge in [0.25, 0.3) is 0 Å². The quantitative estimate of drug-likeness (QED) is 0.557. The Balaban J connectivity index is 1.85. The maximum Gasteiger partial charge on any atom is 0.310 e. The second kappa shape index (κ2) is 4.91. The minimum absolute atomic E-state index is 0.115. The molecule has 0 amide bonds. The molecule has 1 saturated carbocycles. The minimum atomic E-state index is -0.375. The number of ether oxygens (including phenoxy) is 1. The van der Waals surface area contributed by atoms with Crippen molar-refractivity contribution in [2.45, 2.75) is 59.0 Å². The van der Waals surface area contributed by atoms with Gasteiger partial charge < -0.3 is 4.74 Å². The van der Waals surface area contributed by atoms with Crippen LogP contribution in [-0.2, 0) is 9.53 Å². The molecule has 0 spiro atoms. The highest BCUT2D eigenvalue weighted by Gasteiger charge is 2.38. The molecule has 0 N–H and O–H groups in total. The molecule has 2 aliphatic rings. The van der Waals surface area contributed by atoms with Crippen molar-refractivity contribution >= 4 is 5.97 Å². The molecule has 1 fully saturated rings. The molecule has 100 valence electrons. The van der Waals surface area contributed by atoms with Gasteiger partial charge in [0.2, 0.25) is 0 Å². The summed E-state index contributed by atoms with van der Waals surface area (Å²) in [6.45, 7) is 7.95. The molecule has 0 heterocycles. The number of carbonyl (C=O) groups is 1. The Bertz CT molecular complexity index is 396. The van der Waals surface area contributed by atoms with E-state index >= 15 is 0 Å². The Labute approximate surface area is 110 Å². The van der Waals surface area contributed by atoms with Crippen LogP contribution in [0.3, 0.4) is 0 Å². The maximum absolute atomic E-state index is 11.6. The van der Waals surface area contributed by atoms with Gasteiger partial charge in [0.15, 0.2) is 0 Å². The van der Waals surface area contributed by atoms with E-state index in [0.29, 0.717) is 12.3 Å². The Hall–Kier alpha value is -1.05. The number of carbonyl (C=O) groups excluding carboxylic acids is 1. The highest BCUT2D eigenvalue weighted by Crippen LogP contribution is 2.50. The summed E-state index contributed by atoms with van der Waals surface area (Å²) in [6, 6.07) is 0. The van der Waals surface area contributed by atoms with Gasteiger partial charge in [0, 0.05) is 5.92 Å². The van der Waals surface area contributed by atoms with Crippen molar-refractivity contribution in [3.8, 4) is 0 Å². The molecule has 0 aromatic carbocycles. The zero-order valence-electron chi connectivity index (χ0n) is 12.0. The lowest BCUT2D eigenvalue weighted by atomic mass is 9.71. The molecule has 0 aromatic heterocycles. The van der Waals surface area contributed by atoms with Gasteiger partial charge in [0.05, 0.1) is 6.42 Å². The van der Waals surface area contributed by atoms with Gasteiger partial charge in [-0.05, 0) is 46.0 Å². The highest BCUT2D eigenvalue weighted by molar-refractivity contribution is 5.71. The van der Waals surface area contributed by atoms with Crippen LogP contribution >= 0.6 is 0 Å². The Morgan fingerprint density at radius 2 is 2.17 bits per heavy atom. The number of fused-ring (bicyclic) bond motifs is 1. The molecule has 2 heteroatoms. The Morgan fingerprint density at radius 3 is 2.78 bits per heavy atom. The molecule has 0 bridgehead atoms. The van der Waals surface area contributed by atoms with Crippen LogP contribution in [0.25, 0.3) is 0 Å². The van der Waals surface area contributed by atoms with Crippen molar-refractivity contribution in [2.75, 3.05) is 0 Å². The van der Waals surface area contributed by atoms with Crippen molar-refractivity contribution in [3.63, 3.8) is 0 Å². The topological polar surface area (TPSA) is 26.3 Å². The van der Waals surface area contributed by atoms with Crippen molar-refractivity contribution < 1.29 is 9.53 Å². The van der Waals surface area contributed by atoms with E-state index in [-0.39, 0.29) is 11.6 Å².